The summed E-state index contributed by atoms with van der Waals surface area (Å²) >= 11 is 0. The van der Waals surface area contributed by atoms with E-state index < -0.39 is 0 Å². The number of piperazine rings is 1. The second-order valence-corrected chi connectivity index (χ2v) is 6.20. The van der Waals surface area contributed by atoms with Crippen LogP contribution in [-0.4, -0.2) is 56.2 Å². The zero-order valence-corrected chi connectivity index (χ0v) is 14.1. The molecular weight excluding hydrogens is 293 g/mol. The molecule has 128 valence electrons. The number of anilines is 1. The summed E-state index contributed by atoms with van der Waals surface area (Å²) in [6.45, 7) is 9.45. The summed E-state index contributed by atoms with van der Waals surface area (Å²) in [5.41, 5.74) is 6.49. The molecule has 0 atom stereocenters. The number of benzene rings is 1. The lowest BCUT2D eigenvalue weighted by Crippen LogP contribution is -2.47. The highest BCUT2D eigenvalue weighted by molar-refractivity contribution is 5.78. The monoisotopic (exact) mass is 321 g/mol. The van der Waals surface area contributed by atoms with Gasteiger partial charge in [-0.25, -0.2) is 4.39 Å². The molecule has 0 aliphatic carbocycles. The van der Waals surface area contributed by atoms with Crippen molar-refractivity contribution in [3.8, 4) is 0 Å². The van der Waals surface area contributed by atoms with E-state index in [1.165, 1.54) is 6.07 Å². The van der Waals surface area contributed by atoms with Crippen molar-refractivity contribution in [3.05, 3.63) is 30.1 Å². The highest BCUT2D eigenvalue weighted by atomic mass is 19.1. The van der Waals surface area contributed by atoms with Gasteiger partial charge in [0.05, 0.1) is 5.69 Å². The van der Waals surface area contributed by atoms with E-state index in [2.05, 4.69) is 20.1 Å². The lowest BCUT2D eigenvalue weighted by atomic mass is 10.2. The lowest BCUT2D eigenvalue weighted by molar-refractivity contribution is 0.256. The largest absolute Gasteiger partial charge is 0.370 e. The zero-order chi connectivity index (χ0) is 16.7. The Morgan fingerprint density at radius 3 is 2.61 bits per heavy atom. The van der Waals surface area contributed by atoms with E-state index in [0.717, 1.165) is 45.7 Å². The van der Waals surface area contributed by atoms with Crippen molar-refractivity contribution >= 4 is 11.6 Å². The second-order valence-electron chi connectivity index (χ2n) is 6.20. The predicted molar refractivity (Wildman–Crippen MR) is 94.4 cm³/mol. The van der Waals surface area contributed by atoms with Crippen molar-refractivity contribution in [2.75, 3.05) is 44.2 Å². The molecular formula is C17H28FN5. The number of rotatable bonds is 6. The summed E-state index contributed by atoms with van der Waals surface area (Å²) in [4.78, 5) is 8.84. The Balaban J connectivity index is 1.68. The minimum atomic E-state index is -0.136. The van der Waals surface area contributed by atoms with Crippen LogP contribution in [0.15, 0.2) is 29.3 Å². The SMILES string of the molecule is CC(C)NC(N)=NCCCN1CCN(c2ccccc2F)CC1. The number of nitrogens with two attached hydrogens (primary N) is 1. The summed E-state index contributed by atoms with van der Waals surface area (Å²) in [7, 11) is 0. The van der Waals surface area contributed by atoms with Gasteiger partial charge in [-0.1, -0.05) is 12.1 Å². The topological polar surface area (TPSA) is 56.9 Å². The van der Waals surface area contributed by atoms with Crippen LogP contribution in [0.2, 0.25) is 0 Å². The summed E-state index contributed by atoms with van der Waals surface area (Å²) in [5.74, 6) is 0.382. The first-order chi connectivity index (χ1) is 11.1. The van der Waals surface area contributed by atoms with Gasteiger partial charge in [-0.2, -0.15) is 0 Å². The van der Waals surface area contributed by atoms with Crippen LogP contribution >= 0.6 is 0 Å². The van der Waals surface area contributed by atoms with Gasteiger partial charge in [0.15, 0.2) is 5.96 Å². The number of hydrogen-bond donors (Lipinski definition) is 2. The van der Waals surface area contributed by atoms with Gasteiger partial charge in [-0.05, 0) is 32.4 Å². The van der Waals surface area contributed by atoms with Crippen molar-refractivity contribution in [3.63, 3.8) is 0 Å². The number of halogens is 1. The maximum atomic E-state index is 13.8. The zero-order valence-electron chi connectivity index (χ0n) is 14.1. The van der Waals surface area contributed by atoms with E-state index >= 15 is 0 Å². The molecule has 0 unspecified atom stereocenters. The first kappa shape index (κ1) is 17.5. The third kappa shape index (κ3) is 5.71. The van der Waals surface area contributed by atoms with E-state index in [-0.39, 0.29) is 5.82 Å². The molecule has 1 aromatic carbocycles. The maximum Gasteiger partial charge on any atom is 0.188 e. The summed E-state index contributed by atoms with van der Waals surface area (Å²) < 4.78 is 13.8. The normalized spacial score (nSPS) is 16.9. The maximum absolute atomic E-state index is 13.8. The molecule has 0 amide bonds. The summed E-state index contributed by atoms with van der Waals surface area (Å²) in [5, 5.41) is 3.08. The fraction of sp³-hybridized carbons (Fsp3) is 0.588. The number of nitrogens with one attached hydrogen (secondary N) is 1. The van der Waals surface area contributed by atoms with Crippen LogP contribution in [0.5, 0.6) is 0 Å². The molecule has 0 radical (unpaired) electrons. The number of aliphatic imine (C=N–C) groups is 1. The van der Waals surface area contributed by atoms with Crippen molar-refractivity contribution in [2.24, 2.45) is 10.7 Å². The molecule has 3 N–H and O–H groups in total. The Morgan fingerprint density at radius 2 is 1.96 bits per heavy atom. The van der Waals surface area contributed by atoms with Gasteiger partial charge in [-0.3, -0.25) is 9.89 Å². The van der Waals surface area contributed by atoms with Gasteiger partial charge < -0.3 is 16.0 Å². The Morgan fingerprint density at radius 1 is 1.26 bits per heavy atom. The summed E-state index contributed by atoms with van der Waals surface area (Å²) in [6.07, 6.45) is 0.986. The minimum absolute atomic E-state index is 0.136. The fourth-order valence-corrected chi connectivity index (χ4v) is 2.76. The van der Waals surface area contributed by atoms with Crippen molar-refractivity contribution in [2.45, 2.75) is 26.3 Å². The molecule has 5 nitrogen and oxygen atoms in total. The fourth-order valence-electron chi connectivity index (χ4n) is 2.76. The molecule has 1 fully saturated rings. The van der Waals surface area contributed by atoms with Crippen LogP contribution in [0.3, 0.4) is 0 Å². The number of hydrogen-bond acceptors (Lipinski definition) is 3. The molecule has 1 aliphatic heterocycles. The molecule has 0 aromatic heterocycles. The van der Waals surface area contributed by atoms with Crippen LogP contribution in [0, 0.1) is 5.82 Å². The number of guanidine groups is 1. The van der Waals surface area contributed by atoms with Crippen molar-refractivity contribution in [1.82, 2.24) is 10.2 Å². The van der Waals surface area contributed by atoms with E-state index in [1.807, 2.05) is 26.0 Å². The molecule has 1 aliphatic rings. The predicted octanol–water partition coefficient (Wildman–Crippen LogP) is 1.65. The van der Waals surface area contributed by atoms with Gasteiger partial charge in [0.1, 0.15) is 5.82 Å². The van der Waals surface area contributed by atoms with Gasteiger partial charge in [0, 0.05) is 45.3 Å². The molecule has 0 saturated carbocycles. The van der Waals surface area contributed by atoms with E-state index in [1.54, 1.807) is 6.07 Å². The Hall–Kier alpha value is -1.82. The highest BCUT2D eigenvalue weighted by Crippen LogP contribution is 2.20. The van der Waals surface area contributed by atoms with Crippen LogP contribution < -0.4 is 16.0 Å². The van der Waals surface area contributed by atoms with Gasteiger partial charge >= 0.3 is 0 Å². The van der Waals surface area contributed by atoms with Crippen LogP contribution in [0.25, 0.3) is 0 Å². The highest BCUT2D eigenvalue weighted by Gasteiger charge is 2.18. The van der Waals surface area contributed by atoms with Crippen molar-refractivity contribution in [1.29, 1.82) is 0 Å². The van der Waals surface area contributed by atoms with Crippen LogP contribution in [0.4, 0.5) is 10.1 Å². The summed E-state index contributed by atoms with van der Waals surface area (Å²) in [6, 6.07) is 7.30. The molecule has 0 spiro atoms. The quantitative estimate of drug-likeness (QED) is 0.475. The Labute approximate surface area is 138 Å². The molecule has 1 saturated heterocycles. The minimum Gasteiger partial charge on any atom is -0.370 e. The third-order valence-corrected chi connectivity index (χ3v) is 3.92. The van der Waals surface area contributed by atoms with Crippen molar-refractivity contribution < 1.29 is 4.39 Å². The molecule has 6 heteroatoms. The third-order valence-electron chi connectivity index (χ3n) is 3.92. The smallest absolute Gasteiger partial charge is 0.188 e. The van der Waals surface area contributed by atoms with Gasteiger partial charge in [0.25, 0.3) is 0 Å². The lowest BCUT2D eigenvalue weighted by Gasteiger charge is -2.36. The van der Waals surface area contributed by atoms with Crippen LogP contribution in [-0.2, 0) is 0 Å². The van der Waals surface area contributed by atoms with Gasteiger partial charge in [0.2, 0.25) is 0 Å². The van der Waals surface area contributed by atoms with E-state index in [9.17, 15) is 4.39 Å². The molecule has 1 heterocycles. The van der Waals surface area contributed by atoms with Gasteiger partial charge in [-0.15, -0.1) is 0 Å². The van der Waals surface area contributed by atoms with E-state index in [0.29, 0.717) is 17.7 Å². The number of para-hydroxylation sites is 1. The second kappa shape index (κ2) is 8.72. The first-order valence-electron chi connectivity index (χ1n) is 8.34. The molecule has 0 bridgehead atoms. The standard InChI is InChI=1S/C17H28FN5/c1-14(2)21-17(19)20-8-5-9-22-10-12-23(13-11-22)16-7-4-3-6-15(16)18/h3-4,6-7,14H,5,8-13H2,1-2H3,(H3,19,20,21). The number of nitrogens with zero attached hydrogens (tertiary/aromatic N) is 3. The molecule has 2 rings (SSSR count). The Kier molecular flexibility index (Phi) is 6.65. The Bertz CT molecular complexity index is 509. The van der Waals surface area contributed by atoms with Crippen LogP contribution in [0.1, 0.15) is 20.3 Å². The molecule has 23 heavy (non-hydrogen) atoms. The molecule has 1 aromatic rings. The average molecular weight is 321 g/mol. The first-order valence-corrected chi connectivity index (χ1v) is 8.34. The van der Waals surface area contributed by atoms with E-state index in [4.69, 9.17) is 5.73 Å². The average Bonchev–Trinajstić information content (AvgIpc) is 2.52.